The molecule has 1 aromatic rings. The van der Waals surface area contributed by atoms with E-state index in [1.54, 1.807) is 24.3 Å². The molecular formula is C10H8O3. The van der Waals surface area contributed by atoms with Crippen LogP contribution in [0.4, 0.5) is 0 Å². The maximum absolute atomic E-state index is 10.5. The quantitative estimate of drug-likeness (QED) is 0.657. The van der Waals surface area contributed by atoms with Gasteiger partial charge in [-0.25, -0.2) is 0 Å². The maximum atomic E-state index is 10.5. The van der Waals surface area contributed by atoms with Gasteiger partial charge in [0.05, 0.1) is 5.56 Å². The topological polar surface area (TPSA) is 46.5 Å². The van der Waals surface area contributed by atoms with Crippen LogP contribution in [0.1, 0.15) is 5.56 Å². The van der Waals surface area contributed by atoms with Crippen molar-refractivity contribution in [3.8, 4) is 11.5 Å². The minimum atomic E-state index is 0.136. The molecule has 1 N–H and O–H groups in total. The van der Waals surface area contributed by atoms with E-state index in [0.29, 0.717) is 16.9 Å². The Morgan fingerprint density at radius 3 is 3.08 bits per heavy atom. The van der Waals surface area contributed by atoms with Crippen molar-refractivity contribution in [2.45, 2.75) is 0 Å². The number of phenols is 1. The second kappa shape index (κ2) is 2.94. The fourth-order valence-corrected chi connectivity index (χ4v) is 1.26. The molecule has 3 heteroatoms. The molecule has 1 heterocycles. The highest BCUT2D eigenvalue weighted by Gasteiger charge is 2.13. The van der Waals surface area contributed by atoms with Gasteiger partial charge in [-0.3, -0.25) is 4.79 Å². The molecule has 0 amide bonds. The van der Waals surface area contributed by atoms with Crippen molar-refractivity contribution in [1.29, 1.82) is 0 Å². The molecule has 0 saturated heterocycles. The Balaban J connectivity index is 2.55. The van der Waals surface area contributed by atoms with Crippen molar-refractivity contribution in [2.24, 2.45) is 0 Å². The summed E-state index contributed by atoms with van der Waals surface area (Å²) >= 11 is 0. The summed E-state index contributed by atoms with van der Waals surface area (Å²) in [5.74, 6) is 0.752. The zero-order valence-corrected chi connectivity index (χ0v) is 6.86. The van der Waals surface area contributed by atoms with Gasteiger partial charge in [0.1, 0.15) is 24.4 Å². The predicted octanol–water partition coefficient (Wildman–Crippen LogP) is 1.37. The lowest BCUT2D eigenvalue weighted by atomic mass is 10.1. The maximum Gasteiger partial charge on any atom is 0.149 e. The lowest BCUT2D eigenvalue weighted by Gasteiger charge is -2.15. The molecular weight excluding hydrogens is 168 g/mol. The Labute approximate surface area is 75.3 Å². The summed E-state index contributed by atoms with van der Waals surface area (Å²) in [6.07, 6.45) is 2.37. The van der Waals surface area contributed by atoms with Gasteiger partial charge in [-0.1, -0.05) is 6.07 Å². The van der Waals surface area contributed by atoms with Crippen molar-refractivity contribution in [3.63, 3.8) is 0 Å². The van der Waals surface area contributed by atoms with E-state index in [1.807, 2.05) is 0 Å². The average molecular weight is 176 g/mol. The molecule has 0 bridgehead atoms. The summed E-state index contributed by atoms with van der Waals surface area (Å²) in [6, 6.07) is 5.02. The number of carbonyl (C=O) groups is 1. The van der Waals surface area contributed by atoms with Crippen LogP contribution in [0.3, 0.4) is 0 Å². The van der Waals surface area contributed by atoms with Crippen molar-refractivity contribution >= 4 is 12.4 Å². The van der Waals surface area contributed by atoms with E-state index in [4.69, 9.17) is 4.74 Å². The summed E-state index contributed by atoms with van der Waals surface area (Å²) < 4.78 is 5.25. The molecule has 1 aliphatic rings. The second-order valence-electron chi connectivity index (χ2n) is 2.81. The largest absolute Gasteiger partial charge is 0.507 e. The number of phenolic OH excluding ortho intramolecular Hbond substituents is 1. The number of rotatable bonds is 1. The average Bonchev–Trinajstić information content (AvgIpc) is 2.18. The summed E-state index contributed by atoms with van der Waals surface area (Å²) in [6.45, 7) is 0.278. The van der Waals surface area contributed by atoms with Crippen molar-refractivity contribution in [2.75, 3.05) is 6.61 Å². The van der Waals surface area contributed by atoms with Gasteiger partial charge < -0.3 is 9.84 Å². The van der Waals surface area contributed by atoms with Gasteiger partial charge in [0.15, 0.2) is 0 Å². The third-order valence-corrected chi connectivity index (χ3v) is 1.92. The van der Waals surface area contributed by atoms with Gasteiger partial charge in [-0.05, 0) is 18.2 Å². The van der Waals surface area contributed by atoms with E-state index < -0.39 is 0 Å². The molecule has 0 saturated carbocycles. The molecule has 1 aliphatic heterocycles. The number of fused-ring (bicyclic) bond motifs is 1. The number of hydrogen-bond donors (Lipinski definition) is 1. The molecule has 0 fully saturated rings. The molecule has 0 radical (unpaired) electrons. The van der Waals surface area contributed by atoms with E-state index in [2.05, 4.69) is 0 Å². The molecule has 3 nitrogen and oxygen atoms in total. The fourth-order valence-electron chi connectivity index (χ4n) is 1.26. The third kappa shape index (κ3) is 1.28. The van der Waals surface area contributed by atoms with E-state index in [-0.39, 0.29) is 12.4 Å². The Hall–Kier alpha value is -1.77. The highest BCUT2D eigenvalue weighted by molar-refractivity contribution is 5.85. The summed E-state index contributed by atoms with van der Waals surface area (Å²) in [4.78, 5) is 10.5. The number of aromatic hydroxyl groups is 1. The van der Waals surface area contributed by atoms with E-state index in [1.165, 1.54) is 0 Å². The number of ether oxygens (including phenoxy) is 1. The molecule has 0 aromatic heterocycles. The van der Waals surface area contributed by atoms with E-state index in [9.17, 15) is 9.90 Å². The Kier molecular flexibility index (Phi) is 1.77. The van der Waals surface area contributed by atoms with Crippen LogP contribution in [0.25, 0.3) is 6.08 Å². The summed E-state index contributed by atoms with van der Waals surface area (Å²) in [5.41, 5.74) is 1.12. The van der Waals surface area contributed by atoms with Crippen LogP contribution >= 0.6 is 0 Å². The smallest absolute Gasteiger partial charge is 0.149 e. The highest BCUT2D eigenvalue weighted by Crippen LogP contribution is 2.32. The van der Waals surface area contributed by atoms with Crippen LogP contribution in [-0.4, -0.2) is 18.0 Å². The molecule has 0 atom stereocenters. The first kappa shape index (κ1) is 7.86. The highest BCUT2D eigenvalue weighted by atomic mass is 16.5. The first-order valence-corrected chi connectivity index (χ1v) is 3.92. The van der Waals surface area contributed by atoms with Gasteiger partial charge in [0.2, 0.25) is 0 Å². The van der Waals surface area contributed by atoms with Crippen LogP contribution in [0.15, 0.2) is 23.8 Å². The molecule has 66 valence electrons. The molecule has 13 heavy (non-hydrogen) atoms. The number of carbonyl (C=O) groups excluding carboxylic acids is 1. The van der Waals surface area contributed by atoms with Gasteiger partial charge >= 0.3 is 0 Å². The third-order valence-electron chi connectivity index (χ3n) is 1.92. The number of aldehydes is 1. The Morgan fingerprint density at radius 2 is 2.31 bits per heavy atom. The lowest BCUT2D eigenvalue weighted by Crippen LogP contribution is -2.07. The predicted molar refractivity (Wildman–Crippen MR) is 47.6 cm³/mol. The molecule has 2 rings (SSSR count). The van der Waals surface area contributed by atoms with Crippen LogP contribution in [0.5, 0.6) is 11.5 Å². The van der Waals surface area contributed by atoms with Gasteiger partial charge in [-0.15, -0.1) is 0 Å². The number of benzene rings is 1. The van der Waals surface area contributed by atoms with Crippen LogP contribution in [0, 0.1) is 0 Å². The Bertz CT molecular complexity index is 380. The van der Waals surface area contributed by atoms with E-state index >= 15 is 0 Å². The van der Waals surface area contributed by atoms with Crippen molar-refractivity contribution in [3.05, 3.63) is 29.3 Å². The fraction of sp³-hybridized carbons (Fsp3) is 0.100. The number of hydrogen-bond acceptors (Lipinski definition) is 3. The van der Waals surface area contributed by atoms with Crippen molar-refractivity contribution < 1.29 is 14.6 Å². The second-order valence-corrected chi connectivity index (χ2v) is 2.81. The lowest BCUT2D eigenvalue weighted by molar-refractivity contribution is -0.105. The zero-order chi connectivity index (χ0) is 9.26. The zero-order valence-electron chi connectivity index (χ0n) is 6.86. The van der Waals surface area contributed by atoms with Crippen LogP contribution in [-0.2, 0) is 4.79 Å². The van der Waals surface area contributed by atoms with E-state index in [0.717, 1.165) is 6.29 Å². The van der Waals surface area contributed by atoms with Gasteiger partial charge in [0, 0.05) is 5.57 Å². The first-order valence-electron chi connectivity index (χ1n) is 3.92. The van der Waals surface area contributed by atoms with Crippen molar-refractivity contribution in [1.82, 2.24) is 0 Å². The normalized spacial score (nSPS) is 14.0. The Morgan fingerprint density at radius 1 is 1.46 bits per heavy atom. The first-order chi connectivity index (χ1) is 6.31. The minimum Gasteiger partial charge on any atom is -0.507 e. The molecule has 0 aliphatic carbocycles. The summed E-state index contributed by atoms with van der Waals surface area (Å²) in [7, 11) is 0. The van der Waals surface area contributed by atoms with Crippen LogP contribution in [0.2, 0.25) is 0 Å². The SMILES string of the molecule is O=CC1=Cc2c(O)cccc2OC1. The standard InChI is InChI=1S/C10H8O3/c11-5-7-4-8-9(12)2-1-3-10(8)13-6-7/h1-5,12H,6H2. The molecule has 0 spiro atoms. The minimum absolute atomic E-state index is 0.136. The molecule has 1 aromatic carbocycles. The monoisotopic (exact) mass is 176 g/mol. The van der Waals surface area contributed by atoms with Gasteiger partial charge in [-0.2, -0.15) is 0 Å². The molecule has 0 unspecified atom stereocenters. The van der Waals surface area contributed by atoms with Crippen LogP contribution < -0.4 is 4.74 Å². The summed E-state index contributed by atoms with van der Waals surface area (Å²) in [5, 5.41) is 9.43. The van der Waals surface area contributed by atoms with Gasteiger partial charge in [0.25, 0.3) is 0 Å².